The first-order chi connectivity index (χ1) is 9.85. The van der Waals surface area contributed by atoms with Gasteiger partial charge in [-0.1, -0.05) is 0 Å². The van der Waals surface area contributed by atoms with Gasteiger partial charge in [0.25, 0.3) is 0 Å². The summed E-state index contributed by atoms with van der Waals surface area (Å²) in [5, 5.41) is 2.57. The number of nitrogens with one attached hydrogen (secondary N) is 1. The molecule has 0 aliphatic carbocycles. The quantitative estimate of drug-likeness (QED) is 0.644. The van der Waals surface area contributed by atoms with E-state index in [9.17, 15) is 9.59 Å². The number of carbonyl (C=O) groups excluding carboxylic acids is 2. The summed E-state index contributed by atoms with van der Waals surface area (Å²) in [6.45, 7) is 5.85. The summed E-state index contributed by atoms with van der Waals surface area (Å²) in [4.78, 5) is 22.3. The van der Waals surface area contributed by atoms with Crippen LogP contribution in [0.1, 0.15) is 31.1 Å². The molecule has 1 aromatic rings. The Morgan fingerprint density at radius 1 is 1.33 bits per heavy atom. The topological polar surface area (TPSA) is 73.9 Å². The molecular weight excluding hydrogens is 274 g/mol. The monoisotopic (exact) mass is 295 g/mol. The molecule has 1 rings (SSSR count). The van der Waals surface area contributed by atoms with Crippen LogP contribution in [-0.4, -0.2) is 38.2 Å². The van der Waals surface area contributed by atoms with Gasteiger partial charge in [-0.2, -0.15) is 0 Å². The summed E-state index contributed by atoms with van der Waals surface area (Å²) in [5.41, 5.74) is -0.115. The summed E-state index contributed by atoms with van der Waals surface area (Å²) in [6.07, 6.45) is 0.197. The molecule has 6 nitrogen and oxygen atoms in total. The van der Waals surface area contributed by atoms with Crippen molar-refractivity contribution in [3.63, 3.8) is 0 Å². The van der Waals surface area contributed by atoms with Gasteiger partial charge in [0.15, 0.2) is 6.29 Å². The number of ether oxygens (including phenoxy) is 3. The van der Waals surface area contributed by atoms with Crippen LogP contribution in [-0.2, 0) is 4.74 Å². The van der Waals surface area contributed by atoms with Crippen LogP contribution in [0.3, 0.4) is 0 Å². The molecule has 0 aliphatic heterocycles. The average Bonchev–Trinajstić information content (AvgIpc) is 2.41. The number of carbonyl (C=O) groups is 2. The first-order valence-corrected chi connectivity index (χ1v) is 6.58. The Bertz CT molecular complexity index is 493. The van der Waals surface area contributed by atoms with Crippen molar-refractivity contribution in [1.29, 1.82) is 0 Å². The van der Waals surface area contributed by atoms with Crippen LogP contribution < -0.4 is 14.8 Å². The maximum absolute atomic E-state index is 11.4. The summed E-state index contributed by atoms with van der Waals surface area (Å²) < 4.78 is 15.6. The molecule has 0 atom stereocenters. The van der Waals surface area contributed by atoms with Crippen LogP contribution in [0, 0.1) is 0 Å². The molecule has 0 radical (unpaired) electrons. The summed E-state index contributed by atoms with van der Waals surface area (Å²) in [5.74, 6) is 1.01. The zero-order valence-corrected chi connectivity index (χ0v) is 12.8. The van der Waals surface area contributed by atoms with E-state index < -0.39 is 11.7 Å². The molecule has 0 saturated carbocycles. The number of alkyl carbamates (subject to hydrolysis) is 1. The zero-order valence-electron chi connectivity index (χ0n) is 12.8. The van der Waals surface area contributed by atoms with E-state index in [0.717, 1.165) is 0 Å². The second-order valence-electron chi connectivity index (χ2n) is 5.30. The fourth-order valence-corrected chi connectivity index (χ4v) is 1.49. The predicted octanol–water partition coefficient (Wildman–Crippen LogP) is 2.41. The zero-order chi connectivity index (χ0) is 15.9. The van der Waals surface area contributed by atoms with E-state index in [1.807, 2.05) is 0 Å². The lowest BCUT2D eigenvalue weighted by atomic mass is 10.2. The van der Waals surface area contributed by atoms with Crippen molar-refractivity contribution in [3.05, 3.63) is 23.8 Å². The Morgan fingerprint density at radius 2 is 2.05 bits per heavy atom. The van der Waals surface area contributed by atoms with Crippen molar-refractivity contribution in [2.45, 2.75) is 26.4 Å². The van der Waals surface area contributed by atoms with Crippen LogP contribution >= 0.6 is 0 Å². The number of rotatable bonds is 6. The number of amides is 1. The van der Waals surface area contributed by atoms with Crippen molar-refractivity contribution in [2.75, 3.05) is 20.3 Å². The molecule has 1 N–H and O–H groups in total. The van der Waals surface area contributed by atoms with Crippen LogP contribution in [0.5, 0.6) is 11.5 Å². The Balaban J connectivity index is 2.45. The molecule has 116 valence electrons. The van der Waals surface area contributed by atoms with Crippen LogP contribution in [0.2, 0.25) is 0 Å². The van der Waals surface area contributed by atoms with E-state index in [4.69, 9.17) is 14.2 Å². The van der Waals surface area contributed by atoms with E-state index in [2.05, 4.69) is 5.32 Å². The van der Waals surface area contributed by atoms with Gasteiger partial charge in [-0.05, 0) is 32.9 Å². The average molecular weight is 295 g/mol. The molecule has 0 heterocycles. The number of aldehydes is 1. The number of methoxy groups -OCH3 is 1. The van der Waals surface area contributed by atoms with Gasteiger partial charge in [-0.15, -0.1) is 0 Å². The van der Waals surface area contributed by atoms with Crippen LogP contribution in [0.15, 0.2) is 18.2 Å². The second kappa shape index (κ2) is 7.52. The molecule has 0 unspecified atom stereocenters. The fraction of sp³-hybridized carbons (Fsp3) is 0.467. The SMILES string of the molecule is COc1ccc(C=O)c(OCCNC(=O)OC(C)(C)C)c1. The standard InChI is InChI=1S/C15H21NO5/c1-15(2,3)21-14(18)16-7-8-20-13-9-12(19-4)6-5-11(13)10-17/h5-6,9-10H,7-8H2,1-4H3,(H,16,18). The van der Waals surface area contributed by atoms with Crippen LogP contribution in [0.4, 0.5) is 4.79 Å². The van der Waals surface area contributed by atoms with E-state index in [-0.39, 0.29) is 13.2 Å². The molecule has 0 aromatic heterocycles. The Hall–Kier alpha value is -2.24. The van der Waals surface area contributed by atoms with Gasteiger partial charge >= 0.3 is 6.09 Å². The first kappa shape index (κ1) is 16.8. The lowest BCUT2D eigenvalue weighted by molar-refractivity contribution is 0.0520. The van der Waals surface area contributed by atoms with Crippen molar-refractivity contribution >= 4 is 12.4 Å². The normalized spacial score (nSPS) is 10.7. The minimum atomic E-state index is -0.539. The van der Waals surface area contributed by atoms with Gasteiger partial charge < -0.3 is 19.5 Å². The molecule has 0 spiro atoms. The smallest absolute Gasteiger partial charge is 0.407 e. The van der Waals surface area contributed by atoms with E-state index in [1.165, 1.54) is 7.11 Å². The van der Waals surface area contributed by atoms with Crippen molar-refractivity contribution in [2.24, 2.45) is 0 Å². The van der Waals surface area contributed by atoms with Crippen LogP contribution in [0.25, 0.3) is 0 Å². The second-order valence-corrected chi connectivity index (χ2v) is 5.30. The number of hydrogen-bond donors (Lipinski definition) is 1. The molecular formula is C15H21NO5. The lowest BCUT2D eigenvalue weighted by Crippen LogP contribution is -2.34. The highest BCUT2D eigenvalue weighted by Gasteiger charge is 2.15. The largest absolute Gasteiger partial charge is 0.497 e. The third kappa shape index (κ3) is 6.16. The third-order valence-corrected chi connectivity index (χ3v) is 2.38. The van der Waals surface area contributed by atoms with Crippen molar-refractivity contribution < 1.29 is 23.8 Å². The minimum Gasteiger partial charge on any atom is -0.497 e. The van der Waals surface area contributed by atoms with E-state index in [0.29, 0.717) is 23.3 Å². The van der Waals surface area contributed by atoms with Gasteiger partial charge in [0.1, 0.15) is 23.7 Å². The molecule has 0 saturated heterocycles. The summed E-state index contributed by atoms with van der Waals surface area (Å²) in [6, 6.07) is 4.91. The first-order valence-electron chi connectivity index (χ1n) is 6.58. The number of hydrogen-bond acceptors (Lipinski definition) is 5. The predicted molar refractivity (Wildman–Crippen MR) is 78.1 cm³/mol. The molecule has 0 aliphatic rings. The summed E-state index contributed by atoms with van der Waals surface area (Å²) in [7, 11) is 1.53. The molecule has 1 amide bonds. The number of benzene rings is 1. The molecule has 0 bridgehead atoms. The van der Waals surface area contributed by atoms with Gasteiger partial charge in [0, 0.05) is 6.07 Å². The van der Waals surface area contributed by atoms with E-state index in [1.54, 1.807) is 39.0 Å². The minimum absolute atomic E-state index is 0.216. The highest BCUT2D eigenvalue weighted by atomic mass is 16.6. The fourth-order valence-electron chi connectivity index (χ4n) is 1.49. The van der Waals surface area contributed by atoms with Crippen molar-refractivity contribution in [3.8, 4) is 11.5 Å². The maximum atomic E-state index is 11.4. The molecule has 1 aromatic carbocycles. The Kier molecular flexibility index (Phi) is 6.02. The molecule has 21 heavy (non-hydrogen) atoms. The molecule has 6 heteroatoms. The highest BCUT2D eigenvalue weighted by molar-refractivity contribution is 5.79. The molecule has 0 fully saturated rings. The van der Waals surface area contributed by atoms with Gasteiger partial charge in [0.2, 0.25) is 0 Å². The third-order valence-electron chi connectivity index (χ3n) is 2.38. The Labute approximate surface area is 124 Å². The van der Waals surface area contributed by atoms with Gasteiger partial charge in [-0.3, -0.25) is 4.79 Å². The summed E-state index contributed by atoms with van der Waals surface area (Å²) >= 11 is 0. The lowest BCUT2D eigenvalue weighted by Gasteiger charge is -2.19. The van der Waals surface area contributed by atoms with Crippen molar-refractivity contribution in [1.82, 2.24) is 5.32 Å². The Morgan fingerprint density at radius 3 is 2.62 bits per heavy atom. The maximum Gasteiger partial charge on any atom is 0.407 e. The van der Waals surface area contributed by atoms with Gasteiger partial charge in [-0.25, -0.2) is 4.79 Å². The highest BCUT2D eigenvalue weighted by Crippen LogP contribution is 2.23. The van der Waals surface area contributed by atoms with E-state index >= 15 is 0 Å². The van der Waals surface area contributed by atoms with Gasteiger partial charge in [0.05, 0.1) is 19.2 Å².